The minimum Gasteiger partial charge on any atom is -0.314 e. The fourth-order valence-electron chi connectivity index (χ4n) is 3.30. The van der Waals surface area contributed by atoms with Gasteiger partial charge < -0.3 is 5.32 Å². The Bertz CT molecular complexity index is 417. The van der Waals surface area contributed by atoms with Gasteiger partial charge in [-0.25, -0.2) is 0 Å². The summed E-state index contributed by atoms with van der Waals surface area (Å²) in [6.07, 6.45) is 13.5. The van der Waals surface area contributed by atoms with Crippen LogP contribution in [0.1, 0.15) is 44.1 Å². The third-order valence-corrected chi connectivity index (χ3v) is 5.01. The molecular weight excluding hydrogens is 300 g/mol. The topological polar surface area (TPSA) is 24.9 Å². The predicted octanol–water partition coefficient (Wildman–Crippen LogP) is 3.95. The molecule has 2 aliphatic rings. The van der Waals surface area contributed by atoms with Gasteiger partial charge in [-0.1, -0.05) is 12.8 Å². The Morgan fingerprint density at radius 2 is 1.89 bits per heavy atom. The van der Waals surface area contributed by atoms with Crippen LogP contribution in [0.5, 0.6) is 0 Å². The Balaban J connectivity index is 1.59. The van der Waals surface area contributed by atoms with Crippen molar-refractivity contribution in [1.29, 1.82) is 0 Å². The standard InChI is InChI=1S/C16H23BrN2/c17-15-8-12(9-18-11-15)7-13-3-1-2-4-14(13)10-19-16-5-6-16/h8-9,11,13-14,16,19H,1-7,10H2. The largest absolute Gasteiger partial charge is 0.314 e. The van der Waals surface area contributed by atoms with Crippen LogP contribution in [0.3, 0.4) is 0 Å². The highest BCUT2D eigenvalue weighted by Crippen LogP contribution is 2.33. The van der Waals surface area contributed by atoms with Crippen LogP contribution in [0, 0.1) is 11.8 Å². The maximum atomic E-state index is 4.30. The number of nitrogens with one attached hydrogen (secondary N) is 1. The zero-order valence-corrected chi connectivity index (χ0v) is 13.0. The monoisotopic (exact) mass is 322 g/mol. The van der Waals surface area contributed by atoms with E-state index in [1.165, 1.54) is 57.1 Å². The summed E-state index contributed by atoms with van der Waals surface area (Å²) in [6.45, 7) is 1.23. The second-order valence-electron chi connectivity index (χ2n) is 6.20. The SMILES string of the molecule is Brc1cncc(CC2CCCCC2CNC2CC2)c1. The highest BCUT2D eigenvalue weighted by atomic mass is 79.9. The van der Waals surface area contributed by atoms with Gasteiger partial charge in [-0.05, 0) is 78.0 Å². The highest BCUT2D eigenvalue weighted by Gasteiger charge is 2.28. The van der Waals surface area contributed by atoms with E-state index in [1.807, 2.05) is 12.4 Å². The smallest absolute Gasteiger partial charge is 0.0410 e. The van der Waals surface area contributed by atoms with Crippen molar-refractivity contribution in [3.8, 4) is 0 Å². The fourth-order valence-corrected chi connectivity index (χ4v) is 3.71. The maximum absolute atomic E-state index is 4.30. The molecule has 2 aliphatic carbocycles. The average molecular weight is 323 g/mol. The lowest BCUT2D eigenvalue weighted by molar-refractivity contribution is 0.228. The third-order valence-electron chi connectivity index (χ3n) is 4.57. The second kappa shape index (κ2) is 6.36. The van der Waals surface area contributed by atoms with Gasteiger partial charge in [0.1, 0.15) is 0 Å². The van der Waals surface area contributed by atoms with Crippen molar-refractivity contribution in [1.82, 2.24) is 10.3 Å². The summed E-state index contributed by atoms with van der Waals surface area (Å²) in [5.41, 5.74) is 1.39. The van der Waals surface area contributed by atoms with Gasteiger partial charge in [0.15, 0.2) is 0 Å². The molecule has 1 aromatic heterocycles. The number of rotatable bonds is 5. The van der Waals surface area contributed by atoms with Gasteiger partial charge in [0.2, 0.25) is 0 Å². The first-order chi connectivity index (χ1) is 9.31. The van der Waals surface area contributed by atoms with E-state index in [2.05, 4.69) is 32.3 Å². The van der Waals surface area contributed by atoms with Crippen molar-refractivity contribution >= 4 is 15.9 Å². The molecule has 1 N–H and O–H groups in total. The summed E-state index contributed by atoms with van der Waals surface area (Å²) in [6, 6.07) is 3.07. The molecule has 3 heteroatoms. The van der Waals surface area contributed by atoms with E-state index in [1.54, 1.807) is 0 Å². The van der Waals surface area contributed by atoms with Gasteiger partial charge in [-0.15, -0.1) is 0 Å². The minimum absolute atomic E-state index is 0.843. The Morgan fingerprint density at radius 3 is 2.63 bits per heavy atom. The number of aromatic nitrogens is 1. The summed E-state index contributed by atoms with van der Waals surface area (Å²) in [7, 11) is 0. The van der Waals surface area contributed by atoms with Crippen molar-refractivity contribution < 1.29 is 0 Å². The number of hydrogen-bond donors (Lipinski definition) is 1. The summed E-state index contributed by atoms with van der Waals surface area (Å²) >= 11 is 3.53. The lowest BCUT2D eigenvalue weighted by Crippen LogP contribution is -2.32. The van der Waals surface area contributed by atoms with Crippen LogP contribution in [0.4, 0.5) is 0 Å². The third kappa shape index (κ3) is 4.03. The van der Waals surface area contributed by atoms with E-state index in [4.69, 9.17) is 0 Å². The van der Waals surface area contributed by atoms with Crippen LogP contribution in [-0.2, 0) is 6.42 Å². The van der Waals surface area contributed by atoms with Crippen LogP contribution in [0.2, 0.25) is 0 Å². The molecule has 2 fully saturated rings. The molecular formula is C16H23BrN2. The van der Waals surface area contributed by atoms with Crippen LogP contribution in [0.15, 0.2) is 22.9 Å². The molecule has 0 radical (unpaired) electrons. The molecule has 19 heavy (non-hydrogen) atoms. The average Bonchev–Trinajstić information content (AvgIpc) is 3.22. The molecule has 1 heterocycles. The summed E-state index contributed by atoms with van der Waals surface area (Å²) in [4.78, 5) is 4.30. The van der Waals surface area contributed by atoms with Crippen LogP contribution >= 0.6 is 15.9 Å². The molecule has 2 atom stereocenters. The first kappa shape index (κ1) is 13.6. The molecule has 3 rings (SSSR count). The van der Waals surface area contributed by atoms with Gasteiger partial charge in [0.25, 0.3) is 0 Å². The van der Waals surface area contributed by atoms with E-state index >= 15 is 0 Å². The number of hydrogen-bond acceptors (Lipinski definition) is 2. The predicted molar refractivity (Wildman–Crippen MR) is 82.1 cm³/mol. The number of pyridine rings is 1. The molecule has 0 saturated heterocycles. The van der Waals surface area contributed by atoms with Crippen molar-refractivity contribution in [2.75, 3.05) is 6.54 Å². The molecule has 104 valence electrons. The number of nitrogens with zero attached hydrogens (tertiary/aromatic N) is 1. The molecule has 0 bridgehead atoms. The Morgan fingerprint density at radius 1 is 1.11 bits per heavy atom. The molecule has 2 unspecified atom stereocenters. The van der Waals surface area contributed by atoms with Crippen LogP contribution in [-0.4, -0.2) is 17.6 Å². The van der Waals surface area contributed by atoms with Gasteiger partial charge in [-0.3, -0.25) is 4.98 Å². The quantitative estimate of drug-likeness (QED) is 0.888. The molecule has 2 nitrogen and oxygen atoms in total. The molecule has 2 saturated carbocycles. The second-order valence-corrected chi connectivity index (χ2v) is 7.12. The first-order valence-electron chi connectivity index (χ1n) is 7.64. The molecule has 0 aliphatic heterocycles. The van der Waals surface area contributed by atoms with Crippen molar-refractivity contribution in [3.63, 3.8) is 0 Å². The van der Waals surface area contributed by atoms with Crippen LogP contribution in [0.25, 0.3) is 0 Å². The van der Waals surface area contributed by atoms with Crippen molar-refractivity contribution in [2.24, 2.45) is 11.8 Å². The Labute approximate surface area is 124 Å². The van der Waals surface area contributed by atoms with Gasteiger partial charge in [0.05, 0.1) is 0 Å². The first-order valence-corrected chi connectivity index (χ1v) is 8.43. The lowest BCUT2D eigenvalue weighted by atomic mass is 9.76. The molecule has 0 spiro atoms. The zero-order chi connectivity index (χ0) is 13.1. The Kier molecular flexibility index (Phi) is 4.54. The number of halogens is 1. The molecule has 0 amide bonds. The highest BCUT2D eigenvalue weighted by molar-refractivity contribution is 9.10. The van der Waals surface area contributed by atoms with Gasteiger partial charge in [0, 0.05) is 22.9 Å². The summed E-state index contributed by atoms with van der Waals surface area (Å²) in [5, 5.41) is 3.73. The Hall–Kier alpha value is -0.410. The van der Waals surface area contributed by atoms with E-state index in [0.29, 0.717) is 0 Å². The van der Waals surface area contributed by atoms with E-state index in [0.717, 1.165) is 22.4 Å². The summed E-state index contributed by atoms with van der Waals surface area (Å²) in [5.74, 6) is 1.71. The summed E-state index contributed by atoms with van der Waals surface area (Å²) < 4.78 is 1.11. The van der Waals surface area contributed by atoms with E-state index < -0.39 is 0 Å². The van der Waals surface area contributed by atoms with Gasteiger partial charge in [-0.2, -0.15) is 0 Å². The molecule has 0 aromatic carbocycles. The van der Waals surface area contributed by atoms with Crippen molar-refractivity contribution in [2.45, 2.75) is 51.0 Å². The van der Waals surface area contributed by atoms with Crippen LogP contribution < -0.4 is 5.32 Å². The maximum Gasteiger partial charge on any atom is 0.0410 e. The van der Waals surface area contributed by atoms with Gasteiger partial charge >= 0.3 is 0 Å². The van der Waals surface area contributed by atoms with E-state index in [-0.39, 0.29) is 0 Å². The normalized spacial score (nSPS) is 27.4. The molecule has 1 aromatic rings. The van der Waals surface area contributed by atoms with E-state index in [9.17, 15) is 0 Å². The zero-order valence-electron chi connectivity index (χ0n) is 11.4. The lowest BCUT2D eigenvalue weighted by Gasteiger charge is -2.32. The fraction of sp³-hybridized carbons (Fsp3) is 0.688. The minimum atomic E-state index is 0.843. The van der Waals surface area contributed by atoms with Crippen molar-refractivity contribution in [3.05, 3.63) is 28.5 Å².